The maximum Gasteiger partial charge on any atom is 0.328 e. The number of aromatic hydroxyl groups is 1. The topological polar surface area (TPSA) is 67.2 Å². The normalized spacial score (nSPS) is 20.6. The Morgan fingerprint density at radius 3 is 3.12 bits per heavy atom. The van der Waals surface area contributed by atoms with Gasteiger partial charge in [-0.1, -0.05) is 0 Å². The predicted molar refractivity (Wildman–Crippen MR) is 58.4 cm³/mol. The van der Waals surface area contributed by atoms with E-state index in [1.165, 1.54) is 0 Å². The number of hydrogen-bond donors (Lipinski definition) is 2. The molecule has 3 rings (SSSR count). The van der Waals surface area contributed by atoms with Crippen molar-refractivity contribution < 1.29 is 9.84 Å². The average Bonchev–Trinajstić information content (AvgIpc) is 2.83. The Bertz CT molecular complexity index is 578. The summed E-state index contributed by atoms with van der Waals surface area (Å²) in [4.78, 5) is 14.5. The van der Waals surface area contributed by atoms with Gasteiger partial charge in [-0.2, -0.15) is 0 Å². The lowest BCUT2D eigenvalue weighted by atomic mass is 10.3. The molecule has 0 spiro atoms. The summed E-state index contributed by atoms with van der Waals surface area (Å²) < 4.78 is 7.11. The van der Waals surface area contributed by atoms with Gasteiger partial charge in [-0.3, -0.25) is 4.57 Å². The number of benzene rings is 1. The van der Waals surface area contributed by atoms with Gasteiger partial charge in [0.2, 0.25) is 0 Å². The van der Waals surface area contributed by atoms with Crippen LogP contribution < -0.4 is 5.69 Å². The molecule has 1 aliphatic rings. The molecule has 16 heavy (non-hydrogen) atoms. The molecule has 1 aromatic heterocycles. The minimum absolute atomic E-state index is 0.147. The number of hydrogen-bond acceptors (Lipinski definition) is 3. The zero-order valence-electron chi connectivity index (χ0n) is 8.64. The van der Waals surface area contributed by atoms with Crippen molar-refractivity contribution in [1.29, 1.82) is 0 Å². The second-order valence-electron chi connectivity index (χ2n) is 3.97. The molecule has 2 heterocycles. The van der Waals surface area contributed by atoms with E-state index >= 15 is 0 Å². The minimum Gasteiger partial charge on any atom is -0.508 e. The Labute approximate surface area is 91.3 Å². The van der Waals surface area contributed by atoms with Crippen LogP contribution in [0.25, 0.3) is 11.0 Å². The fraction of sp³-hybridized carbons (Fsp3) is 0.364. The minimum atomic E-state index is -0.187. The van der Waals surface area contributed by atoms with Crippen LogP contribution in [0.1, 0.15) is 19.1 Å². The van der Waals surface area contributed by atoms with Crippen LogP contribution in [0.15, 0.2) is 23.0 Å². The van der Waals surface area contributed by atoms with E-state index in [2.05, 4.69) is 4.98 Å². The van der Waals surface area contributed by atoms with Gasteiger partial charge in [0.25, 0.3) is 0 Å². The highest BCUT2D eigenvalue weighted by Gasteiger charge is 2.21. The van der Waals surface area contributed by atoms with Gasteiger partial charge in [-0.15, -0.1) is 0 Å². The number of fused-ring (bicyclic) bond motifs is 1. The Balaban J connectivity index is 2.23. The van der Waals surface area contributed by atoms with Crippen molar-refractivity contribution in [3.63, 3.8) is 0 Å². The molecule has 0 bridgehead atoms. The summed E-state index contributed by atoms with van der Waals surface area (Å²) in [7, 11) is 0. The second-order valence-corrected chi connectivity index (χ2v) is 3.97. The third-order valence-corrected chi connectivity index (χ3v) is 2.89. The van der Waals surface area contributed by atoms with Crippen molar-refractivity contribution in [2.45, 2.75) is 19.1 Å². The third kappa shape index (κ3) is 1.32. The lowest BCUT2D eigenvalue weighted by molar-refractivity contribution is 0.0573. The molecular formula is C11H12N2O3. The number of aromatic amines is 1. The number of phenols is 1. The lowest BCUT2D eigenvalue weighted by Gasteiger charge is -2.10. The number of rotatable bonds is 1. The first-order valence-electron chi connectivity index (χ1n) is 5.30. The largest absolute Gasteiger partial charge is 0.508 e. The predicted octanol–water partition coefficient (Wildman–Crippen LogP) is 1.34. The zero-order valence-corrected chi connectivity index (χ0v) is 8.64. The number of imidazole rings is 1. The van der Waals surface area contributed by atoms with Crippen LogP contribution in [-0.4, -0.2) is 21.3 Å². The van der Waals surface area contributed by atoms with Gasteiger partial charge in [-0.25, -0.2) is 4.79 Å². The fourth-order valence-electron chi connectivity index (χ4n) is 2.17. The van der Waals surface area contributed by atoms with E-state index in [1.807, 2.05) is 0 Å². The summed E-state index contributed by atoms with van der Waals surface area (Å²) in [5, 5.41) is 9.33. The van der Waals surface area contributed by atoms with Crippen molar-refractivity contribution in [3.05, 3.63) is 28.7 Å². The molecule has 0 radical (unpaired) electrons. The molecule has 84 valence electrons. The van der Waals surface area contributed by atoms with Crippen molar-refractivity contribution in [2.24, 2.45) is 0 Å². The fourth-order valence-corrected chi connectivity index (χ4v) is 2.17. The summed E-state index contributed by atoms with van der Waals surface area (Å²) in [6.07, 6.45) is 1.65. The van der Waals surface area contributed by atoms with Crippen LogP contribution in [0, 0.1) is 0 Å². The number of ether oxygens (including phenoxy) is 1. The Kier molecular flexibility index (Phi) is 2.00. The van der Waals surface area contributed by atoms with Crippen LogP contribution in [0.4, 0.5) is 0 Å². The number of H-pyrrole nitrogens is 1. The number of phenolic OH excluding ortho intramolecular Hbond substituents is 1. The molecule has 1 aliphatic heterocycles. The van der Waals surface area contributed by atoms with E-state index in [1.54, 1.807) is 22.8 Å². The molecule has 2 aromatic rings. The molecular weight excluding hydrogens is 208 g/mol. The lowest BCUT2D eigenvalue weighted by Crippen LogP contribution is -2.21. The van der Waals surface area contributed by atoms with E-state index in [9.17, 15) is 9.90 Å². The van der Waals surface area contributed by atoms with Crippen molar-refractivity contribution in [2.75, 3.05) is 6.61 Å². The number of nitrogens with one attached hydrogen (secondary N) is 1. The van der Waals surface area contributed by atoms with E-state index in [0.29, 0.717) is 12.1 Å². The van der Waals surface area contributed by atoms with Gasteiger partial charge >= 0.3 is 5.69 Å². The van der Waals surface area contributed by atoms with Gasteiger partial charge in [0.1, 0.15) is 12.0 Å². The maximum absolute atomic E-state index is 11.8. The summed E-state index contributed by atoms with van der Waals surface area (Å²) in [5.74, 6) is 0.147. The monoisotopic (exact) mass is 220 g/mol. The van der Waals surface area contributed by atoms with Gasteiger partial charge in [0, 0.05) is 12.7 Å². The molecule has 0 saturated carbocycles. The highest BCUT2D eigenvalue weighted by Crippen LogP contribution is 2.26. The number of nitrogens with zero attached hydrogens (tertiary/aromatic N) is 1. The first kappa shape index (κ1) is 9.47. The molecule has 0 aliphatic carbocycles. The Morgan fingerprint density at radius 2 is 2.38 bits per heavy atom. The molecule has 1 saturated heterocycles. The standard InChI is InChI=1S/C11H12N2O3/c14-7-3-4-9-8(6-7)12-11(15)13(9)10-2-1-5-16-10/h3-4,6,10,14H,1-2,5H2,(H,12,15). The van der Waals surface area contributed by atoms with E-state index in [0.717, 1.165) is 18.4 Å². The average molecular weight is 220 g/mol. The summed E-state index contributed by atoms with van der Waals surface area (Å²) in [5.41, 5.74) is 1.22. The van der Waals surface area contributed by atoms with Gasteiger partial charge in [0.05, 0.1) is 11.0 Å². The second kappa shape index (κ2) is 3.38. The maximum atomic E-state index is 11.8. The summed E-state index contributed by atoms with van der Waals surface area (Å²) in [6, 6.07) is 4.84. The highest BCUT2D eigenvalue weighted by atomic mass is 16.5. The van der Waals surface area contributed by atoms with Gasteiger partial charge < -0.3 is 14.8 Å². The van der Waals surface area contributed by atoms with Crippen molar-refractivity contribution in [3.8, 4) is 5.75 Å². The van der Waals surface area contributed by atoms with Gasteiger partial charge in [0.15, 0.2) is 0 Å². The molecule has 1 aromatic carbocycles. The van der Waals surface area contributed by atoms with E-state index in [4.69, 9.17) is 4.74 Å². The van der Waals surface area contributed by atoms with E-state index < -0.39 is 0 Å². The van der Waals surface area contributed by atoms with Crippen LogP contribution in [0.2, 0.25) is 0 Å². The van der Waals surface area contributed by atoms with E-state index in [-0.39, 0.29) is 17.7 Å². The van der Waals surface area contributed by atoms with Crippen LogP contribution in [-0.2, 0) is 4.74 Å². The molecule has 2 N–H and O–H groups in total. The molecule has 1 unspecified atom stereocenters. The van der Waals surface area contributed by atoms with Crippen LogP contribution in [0.5, 0.6) is 5.75 Å². The Morgan fingerprint density at radius 1 is 1.50 bits per heavy atom. The molecule has 1 atom stereocenters. The quantitative estimate of drug-likeness (QED) is 0.762. The van der Waals surface area contributed by atoms with Gasteiger partial charge in [-0.05, 0) is 25.0 Å². The smallest absolute Gasteiger partial charge is 0.328 e. The first-order chi connectivity index (χ1) is 7.75. The molecule has 5 nitrogen and oxygen atoms in total. The van der Waals surface area contributed by atoms with Crippen molar-refractivity contribution in [1.82, 2.24) is 9.55 Å². The van der Waals surface area contributed by atoms with Crippen LogP contribution in [0.3, 0.4) is 0 Å². The summed E-state index contributed by atoms with van der Waals surface area (Å²) in [6.45, 7) is 0.696. The zero-order chi connectivity index (χ0) is 11.1. The Hall–Kier alpha value is -1.75. The first-order valence-corrected chi connectivity index (χ1v) is 5.30. The molecule has 0 amide bonds. The van der Waals surface area contributed by atoms with Crippen molar-refractivity contribution >= 4 is 11.0 Å². The number of aromatic nitrogens is 2. The third-order valence-electron chi connectivity index (χ3n) is 2.89. The van der Waals surface area contributed by atoms with Crippen LogP contribution >= 0.6 is 0 Å². The molecule has 1 fully saturated rings. The highest BCUT2D eigenvalue weighted by molar-refractivity contribution is 5.76. The SMILES string of the molecule is O=c1[nH]c2cc(O)ccc2n1C1CCCO1. The molecule has 5 heteroatoms. The summed E-state index contributed by atoms with van der Waals surface area (Å²) >= 11 is 0.